The standard InChI is InChI=1S/C18H22FNO/c1-4-21-17-8-5-14(6-9-17)18-10-7-16(19)11-15(18)12-20-13(2)3/h5-11,13,20H,4,12H2,1-3H3. The number of nitrogens with one attached hydrogen (secondary N) is 1. The maximum absolute atomic E-state index is 13.5. The lowest BCUT2D eigenvalue weighted by Crippen LogP contribution is -2.22. The highest BCUT2D eigenvalue weighted by Gasteiger charge is 2.07. The van der Waals surface area contributed by atoms with Crippen molar-refractivity contribution in [3.05, 3.63) is 53.8 Å². The van der Waals surface area contributed by atoms with Gasteiger partial charge in [0.25, 0.3) is 0 Å². The Balaban J connectivity index is 2.29. The van der Waals surface area contributed by atoms with Crippen molar-refractivity contribution >= 4 is 0 Å². The maximum atomic E-state index is 13.5. The number of benzene rings is 2. The van der Waals surface area contributed by atoms with Crippen molar-refractivity contribution in [1.82, 2.24) is 5.32 Å². The van der Waals surface area contributed by atoms with Crippen molar-refractivity contribution < 1.29 is 9.13 Å². The summed E-state index contributed by atoms with van der Waals surface area (Å²) in [6.07, 6.45) is 0. The van der Waals surface area contributed by atoms with E-state index in [1.54, 1.807) is 6.07 Å². The zero-order valence-electron chi connectivity index (χ0n) is 12.8. The highest BCUT2D eigenvalue weighted by atomic mass is 19.1. The molecule has 21 heavy (non-hydrogen) atoms. The first-order valence-corrected chi connectivity index (χ1v) is 7.35. The van der Waals surface area contributed by atoms with E-state index < -0.39 is 0 Å². The molecule has 112 valence electrons. The van der Waals surface area contributed by atoms with E-state index >= 15 is 0 Å². The molecule has 0 fully saturated rings. The monoisotopic (exact) mass is 287 g/mol. The van der Waals surface area contributed by atoms with E-state index in [9.17, 15) is 4.39 Å². The molecule has 0 amide bonds. The Hall–Kier alpha value is -1.87. The minimum Gasteiger partial charge on any atom is -0.494 e. The SMILES string of the molecule is CCOc1ccc(-c2ccc(F)cc2CNC(C)C)cc1. The highest BCUT2D eigenvalue weighted by Crippen LogP contribution is 2.26. The van der Waals surface area contributed by atoms with Crippen LogP contribution in [0, 0.1) is 5.82 Å². The van der Waals surface area contributed by atoms with Gasteiger partial charge in [-0.05, 0) is 47.9 Å². The van der Waals surface area contributed by atoms with Crippen LogP contribution in [0.15, 0.2) is 42.5 Å². The Bertz CT molecular complexity index is 578. The topological polar surface area (TPSA) is 21.3 Å². The first kappa shape index (κ1) is 15.5. The molecule has 0 spiro atoms. The van der Waals surface area contributed by atoms with Crippen molar-refractivity contribution in [2.45, 2.75) is 33.4 Å². The molecule has 2 aromatic carbocycles. The summed E-state index contributed by atoms with van der Waals surface area (Å²) >= 11 is 0. The molecule has 2 aromatic rings. The summed E-state index contributed by atoms with van der Waals surface area (Å²) < 4.78 is 19.0. The fourth-order valence-electron chi connectivity index (χ4n) is 2.20. The molecule has 2 rings (SSSR count). The average Bonchev–Trinajstić information content (AvgIpc) is 2.46. The normalized spacial score (nSPS) is 10.9. The van der Waals surface area contributed by atoms with Crippen LogP contribution in [0.1, 0.15) is 26.3 Å². The van der Waals surface area contributed by atoms with Crippen LogP contribution in [0.3, 0.4) is 0 Å². The molecule has 0 saturated carbocycles. The summed E-state index contributed by atoms with van der Waals surface area (Å²) in [5.74, 6) is 0.649. The van der Waals surface area contributed by atoms with E-state index in [0.717, 1.165) is 22.4 Å². The van der Waals surface area contributed by atoms with Gasteiger partial charge in [0, 0.05) is 12.6 Å². The van der Waals surface area contributed by atoms with E-state index in [-0.39, 0.29) is 5.82 Å². The van der Waals surface area contributed by atoms with E-state index in [0.29, 0.717) is 19.2 Å². The second kappa shape index (κ2) is 7.23. The number of rotatable bonds is 6. The molecule has 0 saturated heterocycles. The molecule has 0 atom stereocenters. The van der Waals surface area contributed by atoms with Gasteiger partial charge in [-0.15, -0.1) is 0 Å². The van der Waals surface area contributed by atoms with Crippen molar-refractivity contribution in [2.24, 2.45) is 0 Å². The Morgan fingerprint density at radius 1 is 1.10 bits per heavy atom. The quantitative estimate of drug-likeness (QED) is 0.850. The first-order valence-electron chi connectivity index (χ1n) is 7.35. The van der Waals surface area contributed by atoms with Crippen LogP contribution in [0.2, 0.25) is 0 Å². The van der Waals surface area contributed by atoms with Gasteiger partial charge in [0.15, 0.2) is 0 Å². The Labute approximate surface area is 126 Å². The Morgan fingerprint density at radius 2 is 1.81 bits per heavy atom. The molecule has 0 bridgehead atoms. The van der Waals surface area contributed by atoms with E-state index in [2.05, 4.69) is 19.2 Å². The summed E-state index contributed by atoms with van der Waals surface area (Å²) in [6, 6.07) is 13.2. The predicted molar refractivity (Wildman–Crippen MR) is 85.0 cm³/mol. The lowest BCUT2D eigenvalue weighted by Gasteiger charge is -2.13. The third-order valence-electron chi connectivity index (χ3n) is 3.24. The molecular formula is C18H22FNO. The van der Waals surface area contributed by atoms with Crippen LogP contribution in [-0.2, 0) is 6.54 Å². The van der Waals surface area contributed by atoms with Crippen LogP contribution >= 0.6 is 0 Å². The fraction of sp³-hybridized carbons (Fsp3) is 0.333. The number of halogens is 1. The number of hydrogen-bond donors (Lipinski definition) is 1. The van der Waals surface area contributed by atoms with Crippen LogP contribution in [0.4, 0.5) is 4.39 Å². The third kappa shape index (κ3) is 4.30. The van der Waals surface area contributed by atoms with E-state index in [4.69, 9.17) is 4.74 Å². The second-order valence-electron chi connectivity index (χ2n) is 5.29. The minimum atomic E-state index is -0.203. The summed E-state index contributed by atoms with van der Waals surface area (Å²) in [5, 5.41) is 3.34. The average molecular weight is 287 g/mol. The lowest BCUT2D eigenvalue weighted by molar-refractivity contribution is 0.340. The fourth-order valence-corrected chi connectivity index (χ4v) is 2.20. The Morgan fingerprint density at radius 3 is 2.43 bits per heavy atom. The molecular weight excluding hydrogens is 265 g/mol. The molecule has 2 nitrogen and oxygen atoms in total. The molecule has 0 unspecified atom stereocenters. The molecule has 3 heteroatoms. The van der Waals surface area contributed by atoms with Gasteiger partial charge < -0.3 is 10.1 Å². The van der Waals surface area contributed by atoms with Gasteiger partial charge in [-0.2, -0.15) is 0 Å². The van der Waals surface area contributed by atoms with Gasteiger partial charge in [-0.3, -0.25) is 0 Å². The summed E-state index contributed by atoms with van der Waals surface area (Å²) in [7, 11) is 0. The van der Waals surface area contributed by atoms with Gasteiger partial charge >= 0.3 is 0 Å². The van der Waals surface area contributed by atoms with Crippen molar-refractivity contribution in [3.8, 4) is 16.9 Å². The molecule has 0 heterocycles. The molecule has 0 aliphatic rings. The highest BCUT2D eigenvalue weighted by molar-refractivity contribution is 5.68. The third-order valence-corrected chi connectivity index (χ3v) is 3.24. The minimum absolute atomic E-state index is 0.203. The predicted octanol–water partition coefficient (Wildman–Crippen LogP) is 4.39. The van der Waals surface area contributed by atoms with E-state index in [1.165, 1.54) is 6.07 Å². The molecule has 0 aliphatic carbocycles. The maximum Gasteiger partial charge on any atom is 0.123 e. The van der Waals surface area contributed by atoms with Crippen molar-refractivity contribution in [2.75, 3.05) is 6.61 Å². The molecule has 0 aromatic heterocycles. The Kier molecular flexibility index (Phi) is 5.34. The van der Waals surface area contributed by atoms with Gasteiger partial charge in [0.1, 0.15) is 11.6 Å². The van der Waals surface area contributed by atoms with Gasteiger partial charge in [-0.1, -0.05) is 32.0 Å². The summed E-state index contributed by atoms with van der Waals surface area (Å²) in [5.41, 5.74) is 3.08. The van der Waals surface area contributed by atoms with Gasteiger partial charge in [0.2, 0.25) is 0 Å². The van der Waals surface area contributed by atoms with Crippen molar-refractivity contribution in [3.63, 3.8) is 0 Å². The smallest absolute Gasteiger partial charge is 0.123 e. The summed E-state index contributed by atoms with van der Waals surface area (Å²) in [6.45, 7) is 7.42. The molecule has 0 radical (unpaired) electrons. The first-order chi connectivity index (χ1) is 10.1. The zero-order valence-corrected chi connectivity index (χ0v) is 12.8. The lowest BCUT2D eigenvalue weighted by atomic mass is 9.99. The number of hydrogen-bond acceptors (Lipinski definition) is 2. The molecule has 1 N–H and O–H groups in total. The van der Waals surface area contributed by atoms with Crippen LogP contribution in [0.5, 0.6) is 5.75 Å². The van der Waals surface area contributed by atoms with Gasteiger partial charge in [-0.25, -0.2) is 4.39 Å². The second-order valence-corrected chi connectivity index (χ2v) is 5.29. The van der Waals surface area contributed by atoms with Crippen LogP contribution < -0.4 is 10.1 Å². The van der Waals surface area contributed by atoms with Gasteiger partial charge in [0.05, 0.1) is 6.61 Å². The largest absolute Gasteiger partial charge is 0.494 e. The van der Waals surface area contributed by atoms with Crippen LogP contribution in [0.25, 0.3) is 11.1 Å². The van der Waals surface area contributed by atoms with E-state index in [1.807, 2.05) is 37.3 Å². The molecule has 0 aliphatic heterocycles. The zero-order chi connectivity index (χ0) is 15.2. The van der Waals surface area contributed by atoms with Crippen molar-refractivity contribution in [1.29, 1.82) is 0 Å². The number of ether oxygens (including phenoxy) is 1. The summed E-state index contributed by atoms with van der Waals surface area (Å²) in [4.78, 5) is 0. The van der Waals surface area contributed by atoms with Crippen LogP contribution in [-0.4, -0.2) is 12.6 Å².